The summed E-state index contributed by atoms with van der Waals surface area (Å²) in [4.78, 5) is 19.0. The zero-order chi connectivity index (χ0) is 17.3. The van der Waals surface area contributed by atoms with Crippen molar-refractivity contribution in [1.82, 2.24) is 14.5 Å². The molecule has 1 aliphatic heterocycles. The second kappa shape index (κ2) is 6.39. The summed E-state index contributed by atoms with van der Waals surface area (Å²) >= 11 is 0. The van der Waals surface area contributed by atoms with Crippen LogP contribution in [0.1, 0.15) is 34.8 Å². The van der Waals surface area contributed by atoms with E-state index in [1.54, 1.807) is 24.7 Å². The minimum absolute atomic E-state index is 0.109. The largest absolute Gasteiger partial charge is 0.337 e. The van der Waals surface area contributed by atoms with Gasteiger partial charge in [-0.2, -0.15) is 0 Å². The van der Waals surface area contributed by atoms with E-state index in [1.807, 2.05) is 22.6 Å². The molecule has 128 valence electrons. The highest BCUT2D eigenvalue weighted by atomic mass is 32.2. The van der Waals surface area contributed by atoms with Crippen LogP contribution < -0.4 is 0 Å². The summed E-state index contributed by atoms with van der Waals surface area (Å²) in [7, 11) is -3.34. The molecule has 0 unspecified atom stereocenters. The van der Waals surface area contributed by atoms with Gasteiger partial charge in [-0.3, -0.25) is 4.79 Å². The predicted molar refractivity (Wildman–Crippen MR) is 90.7 cm³/mol. The number of hydrogen-bond donors (Lipinski definition) is 0. The Hall–Kier alpha value is -2.15. The number of benzene rings is 1. The number of aromatic nitrogens is 2. The smallest absolute Gasteiger partial charge is 0.254 e. The number of imidazole rings is 1. The molecule has 0 radical (unpaired) electrons. The van der Waals surface area contributed by atoms with Crippen LogP contribution in [0.15, 0.2) is 41.8 Å². The minimum Gasteiger partial charge on any atom is -0.337 e. The number of aryl methyl sites for hydroxylation is 1. The number of amides is 1. The summed E-state index contributed by atoms with van der Waals surface area (Å²) in [5.41, 5.74) is 1.25. The van der Waals surface area contributed by atoms with E-state index < -0.39 is 9.84 Å². The Labute approximate surface area is 142 Å². The van der Waals surface area contributed by atoms with E-state index >= 15 is 0 Å². The molecule has 24 heavy (non-hydrogen) atoms. The summed E-state index contributed by atoms with van der Waals surface area (Å²) in [5, 5.41) is 0. The van der Waals surface area contributed by atoms with Crippen molar-refractivity contribution in [1.29, 1.82) is 0 Å². The van der Waals surface area contributed by atoms with E-state index in [-0.39, 0.29) is 16.8 Å². The maximum atomic E-state index is 12.9. The molecule has 1 saturated heterocycles. The SMILES string of the molecule is Cc1ccc(S(C)(=O)=O)cc1C(=O)N1CCC[C@@H](n2ccnc2)C1. The number of likely N-dealkylation sites (tertiary alicyclic amines) is 1. The Morgan fingerprint density at radius 2 is 2.12 bits per heavy atom. The Morgan fingerprint density at radius 1 is 1.33 bits per heavy atom. The van der Waals surface area contributed by atoms with Gasteiger partial charge in [0.15, 0.2) is 9.84 Å². The number of hydrogen-bond acceptors (Lipinski definition) is 4. The van der Waals surface area contributed by atoms with Crippen LogP contribution in [0.4, 0.5) is 0 Å². The molecule has 0 N–H and O–H groups in total. The highest BCUT2D eigenvalue weighted by Crippen LogP contribution is 2.24. The summed E-state index contributed by atoms with van der Waals surface area (Å²) in [6.07, 6.45) is 8.49. The molecule has 0 aliphatic carbocycles. The number of nitrogens with zero attached hydrogens (tertiary/aromatic N) is 3. The van der Waals surface area contributed by atoms with E-state index in [9.17, 15) is 13.2 Å². The quantitative estimate of drug-likeness (QED) is 0.852. The second-order valence-electron chi connectivity index (χ2n) is 6.31. The zero-order valence-corrected chi connectivity index (χ0v) is 14.7. The topological polar surface area (TPSA) is 72.3 Å². The van der Waals surface area contributed by atoms with Crippen molar-refractivity contribution >= 4 is 15.7 Å². The minimum atomic E-state index is -3.34. The maximum Gasteiger partial charge on any atom is 0.254 e. The first-order chi connectivity index (χ1) is 11.4. The van der Waals surface area contributed by atoms with Crippen LogP contribution in [-0.2, 0) is 9.84 Å². The molecule has 2 aromatic rings. The van der Waals surface area contributed by atoms with Gasteiger partial charge >= 0.3 is 0 Å². The molecule has 1 aromatic carbocycles. The molecule has 2 heterocycles. The van der Waals surface area contributed by atoms with Crippen molar-refractivity contribution in [3.63, 3.8) is 0 Å². The fraction of sp³-hybridized carbons (Fsp3) is 0.412. The van der Waals surface area contributed by atoms with Gasteiger partial charge in [-0.05, 0) is 37.5 Å². The van der Waals surface area contributed by atoms with Crippen LogP contribution in [0.3, 0.4) is 0 Å². The average Bonchev–Trinajstić information content (AvgIpc) is 3.08. The number of rotatable bonds is 3. The van der Waals surface area contributed by atoms with E-state index in [2.05, 4.69) is 4.98 Å². The lowest BCUT2D eigenvalue weighted by Crippen LogP contribution is -2.40. The summed E-state index contributed by atoms with van der Waals surface area (Å²) < 4.78 is 25.6. The monoisotopic (exact) mass is 347 g/mol. The van der Waals surface area contributed by atoms with Crippen molar-refractivity contribution in [3.8, 4) is 0 Å². The molecule has 0 bridgehead atoms. The Morgan fingerprint density at radius 3 is 2.79 bits per heavy atom. The third-order valence-corrected chi connectivity index (χ3v) is 5.61. The van der Waals surface area contributed by atoms with E-state index in [4.69, 9.17) is 0 Å². The van der Waals surface area contributed by atoms with Crippen molar-refractivity contribution < 1.29 is 13.2 Å². The van der Waals surface area contributed by atoms with Gasteiger partial charge in [0.25, 0.3) is 5.91 Å². The average molecular weight is 347 g/mol. The number of carbonyl (C=O) groups excluding carboxylic acids is 1. The molecule has 3 rings (SSSR count). The fourth-order valence-electron chi connectivity index (χ4n) is 3.10. The molecular formula is C17H21N3O3S. The first-order valence-corrected chi connectivity index (χ1v) is 9.83. The highest BCUT2D eigenvalue weighted by molar-refractivity contribution is 7.90. The van der Waals surface area contributed by atoms with Crippen LogP contribution in [0, 0.1) is 6.92 Å². The van der Waals surface area contributed by atoms with Crippen molar-refractivity contribution in [3.05, 3.63) is 48.0 Å². The third kappa shape index (κ3) is 3.36. The summed E-state index contributed by atoms with van der Waals surface area (Å²) in [6.45, 7) is 3.13. The molecular weight excluding hydrogens is 326 g/mol. The van der Waals surface area contributed by atoms with E-state index in [0.29, 0.717) is 18.7 Å². The maximum absolute atomic E-state index is 12.9. The molecule has 0 saturated carbocycles. The fourth-order valence-corrected chi connectivity index (χ4v) is 3.75. The van der Waals surface area contributed by atoms with Gasteiger partial charge in [-0.25, -0.2) is 13.4 Å². The normalized spacial score (nSPS) is 18.6. The molecule has 1 aromatic heterocycles. The molecule has 0 spiro atoms. The molecule has 1 atom stereocenters. The standard InChI is InChI=1S/C17H21N3O3S/c1-13-5-6-15(24(2,22)23)10-16(13)17(21)19-8-3-4-14(11-19)20-9-7-18-12-20/h5-7,9-10,12,14H,3-4,8,11H2,1-2H3/t14-/m1/s1. The van der Waals surface area contributed by atoms with Crippen LogP contribution in [0.25, 0.3) is 0 Å². The Kier molecular flexibility index (Phi) is 4.45. The summed E-state index contributed by atoms with van der Waals surface area (Å²) in [6, 6.07) is 4.95. The van der Waals surface area contributed by atoms with Gasteiger partial charge in [0.2, 0.25) is 0 Å². The van der Waals surface area contributed by atoms with Gasteiger partial charge in [-0.15, -0.1) is 0 Å². The van der Waals surface area contributed by atoms with E-state index in [0.717, 1.165) is 24.7 Å². The number of sulfone groups is 1. The molecule has 6 nitrogen and oxygen atoms in total. The van der Waals surface area contributed by atoms with Gasteiger partial charge in [0.05, 0.1) is 17.3 Å². The molecule has 1 aliphatic rings. The first-order valence-electron chi connectivity index (χ1n) is 7.93. The van der Waals surface area contributed by atoms with Crippen LogP contribution >= 0.6 is 0 Å². The molecule has 1 fully saturated rings. The predicted octanol–water partition coefficient (Wildman–Crippen LogP) is 2.07. The van der Waals surface area contributed by atoms with Crippen LogP contribution in [-0.4, -0.2) is 48.1 Å². The Balaban J connectivity index is 1.86. The van der Waals surface area contributed by atoms with Crippen molar-refractivity contribution in [2.45, 2.75) is 30.7 Å². The lowest BCUT2D eigenvalue weighted by atomic mass is 10.0. The molecule has 1 amide bonds. The lowest BCUT2D eigenvalue weighted by molar-refractivity contribution is 0.0678. The van der Waals surface area contributed by atoms with Gasteiger partial charge in [0, 0.05) is 37.3 Å². The van der Waals surface area contributed by atoms with Crippen molar-refractivity contribution in [2.75, 3.05) is 19.3 Å². The Bertz CT molecular complexity index is 844. The number of piperidine rings is 1. The first kappa shape index (κ1) is 16.7. The highest BCUT2D eigenvalue weighted by Gasteiger charge is 2.26. The third-order valence-electron chi connectivity index (χ3n) is 4.50. The van der Waals surface area contributed by atoms with Crippen molar-refractivity contribution in [2.24, 2.45) is 0 Å². The zero-order valence-electron chi connectivity index (χ0n) is 13.8. The second-order valence-corrected chi connectivity index (χ2v) is 8.32. The van der Waals surface area contributed by atoms with E-state index in [1.165, 1.54) is 6.07 Å². The number of carbonyl (C=O) groups is 1. The van der Waals surface area contributed by atoms with Gasteiger partial charge in [0.1, 0.15) is 0 Å². The van der Waals surface area contributed by atoms with Gasteiger partial charge < -0.3 is 9.47 Å². The van der Waals surface area contributed by atoms with Gasteiger partial charge in [-0.1, -0.05) is 6.07 Å². The lowest BCUT2D eigenvalue weighted by Gasteiger charge is -2.33. The van der Waals surface area contributed by atoms with Crippen LogP contribution in [0.2, 0.25) is 0 Å². The van der Waals surface area contributed by atoms with Crippen LogP contribution in [0.5, 0.6) is 0 Å². The molecule has 7 heteroatoms. The summed E-state index contributed by atoms with van der Waals surface area (Å²) in [5.74, 6) is -0.109.